The van der Waals surface area contributed by atoms with Crippen molar-refractivity contribution in [1.29, 1.82) is 0 Å². The highest BCUT2D eigenvalue weighted by Crippen LogP contribution is 2.07. The van der Waals surface area contributed by atoms with E-state index in [2.05, 4.69) is 11.5 Å². The highest BCUT2D eigenvalue weighted by Gasteiger charge is 2.20. The van der Waals surface area contributed by atoms with Gasteiger partial charge in [-0.3, -0.25) is 4.79 Å². The predicted molar refractivity (Wildman–Crippen MR) is 64.6 cm³/mol. The summed E-state index contributed by atoms with van der Waals surface area (Å²) in [5.41, 5.74) is 1.27. The van der Waals surface area contributed by atoms with Gasteiger partial charge in [0.15, 0.2) is 5.71 Å². The van der Waals surface area contributed by atoms with Crippen molar-refractivity contribution in [2.45, 2.75) is 46.0 Å². The van der Waals surface area contributed by atoms with Crippen molar-refractivity contribution in [3.05, 3.63) is 0 Å². The Kier molecular flexibility index (Phi) is 7.86. The molecule has 0 aromatic carbocycles. The molecule has 1 heterocycles. The molecule has 0 aromatic rings. The fourth-order valence-electron chi connectivity index (χ4n) is 1.80. The fourth-order valence-corrected chi connectivity index (χ4v) is 1.80. The molecule has 0 aromatic heterocycles. The minimum atomic E-state index is -6.00. The zero-order chi connectivity index (χ0) is 14.2. The Balaban J connectivity index is 0.000000494. The molecule has 0 aliphatic carbocycles. The molecule has 7 heteroatoms. The Labute approximate surface area is 105 Å². The van der Waals surface area contributed by atoms with E-state index in [4.69, 9.17) is 0 Å². The molecule has 0 bridgehead atoms. The van der Waals surface area contributed by atoms with Gasteiger partial charge >= 0.3 is 7.25 Å². The van der Waals surface area contributed by atoms with Gasteiger partial charge in [-0.2, -0.15) is 0 Å². The number of carbonyl (C=O) groups excluding carboxylic acids is 1. The molecule has 18 heavy (non-hydrogen) atoms. The molecule has 1 aliphatic heterocycles. The van der Waals surface area contributed by atoms with E-state index in [0.717, 1.165) is 13.1 Å². The number of halogens is 4. The zero-order valence-corrected chi connectivity index (χ0v) is 10.9. The maximum atomic E-state index is 11.2. The lowest BCUT2D eigenvalue weighted by atomic mass is 10.1. The summed E-state index contributed by atoms with van der Waals surface area (Å²) < 4.78 is 41.4. The molecule has 0 spiro atoms. The zero-order valence-electron chi connectivity index (χ0n) is 10.9. The summed E-state index contributed by atoms with van der Waals surface area (Å²) in [6.07, 6.45) is 5.27. The number of hydrogen-bond donors (Lipinski definition) is 0. The molecule has 1 saturated heterocycles. The lowest BCUT2D eigenvalue weighted by molar-refractivity contribution is -0.538. The van der Waals surface area contributed by atoms with Crippen molar-refractivity contribution in [2.75, 3.05) is 13.1 Å². The van der Waals surface area contributed by atoms with Crippen molar-refractivity contribution in [1.82, 2.24) is 0 Å². The minimum Gasteiger partial charge on any atom is -0.418 e. The third kappa shape index (κ3) is 10.3. The van der Waals surface area contributed by atoms with E-state index in [0.29, 0.717) is 18.6 Å². The smallest absolute Gasteiger partial charge is 0.418 e. The van der Waals surface area contributed by atoms with Crippen molar-refractivity contribution in [2.24, 2.45) is 0 Å². The summed E-state index contributed by atoms with van der Waals surface area (Å²) in [5.74, 6) is 0.364. The van der Waals surface area contributed by atoms with E-state index < -0.39 is 7.25 Å². The minimum absolute atomic E-state index is 0.364. The third-order valence-electron chi connectivity index (χ3n) is 2.74. The van der Waals surface area contributed by atoms with Gasteiger partial charge in [-0.15, -0.1) is 0 Å². The quantitative estimate of drug-likeness (QED) is 0.437. The fraction of sp³-hybridized carbons (Fsp3) is 0.818. The van der Waals surface area contributed by atoms with Gasteiger partial charge in [0.1, 0.15) is 18.9 Å². The largest absolute Gasteiger partial charge is 0.673 e. The first-order valence-corrected chi connectivity index (χ1v) is 6.20. The topological polar surface area (TPSA) is 20.1 Å². The summed E-state index contributed by atoms with van der Waals surface area (Å²) in [7, 11) is -6.00. The van der Waals surface area contributed by atoms with E-state index >= 15 is 0 Å². The van der Waals surface area contributed by atoms with Crippen molar-refractivity contribution in [3.8, 4) is 0 Å². The van der Waals surface area contributed by atoms with Gasteiger partial charge in [-0.05, 0) is 6.42 Å². The summed E-state index contributed by atoms with van der Waals surface area (Å²) in [6, 6.07) is 0. The second-order valence-corrected chi connectivity index (χ2v) is 4.35. The van der Waals surface area contributed by atoms with Crippen LogP contribution in [0.25, 0.3) is 0 Å². The van der Waals surface area contributed by atoms with Gasteiger partial charge in [0.25, 0.3) is 0 Å². The first-order valence-electron chi connectivity index (χ1n) is 6.20. The molecule has 106 valence electrons. The van der Waals surface area contributed by atoms with Crippen molar-refractivity contribution < 1.29 is 26.6 Å². The average molecular weight is 269 g/mol. The van der Waals surface area contributed by atoms with Gasteiger partial charge < -0.3 is 17.3 Å². The highest BCUT2D eigenvalue weighted by molar-refractivity contribution is 6.50. The van der Waals surface area contributed by atoms with Crippen LogP contribution in [0, 0.1) is 0 Å². The molecule has 0 unspecified atom stereocenters. The maximum absolute atomic E-state index is 11.2. The Hall–Kier alpha value is -0.875. The number of Topliss-reactive ketones (excluding diaryl/α,β-unsaturated/α-hetero) is 1. The van der Waals surface area contributed by atoms with Crippen LogP contribution in [0.3, 0.4) is 0 Å². The van der Waals surface area contributed by atoms with Gasteiger partial charge in [-0.1, -0.05) is 6.92 Å². The Bertz CT molecular complexity index is 288. The van der Waals surface area contributed by atoms with E-state index in [-0.39, 0.29) is 0 Å². The van der Waals surface area contributed by atoms with Crippen LogP contribution in [0.5, 0.6) is 0 Å². The van der Waals surface area contributed by atoms with Gasteiger partial charge in [0.05, 0.1) is 6.42 Å². The van der Waals surface area contributed by atoms with E-state index in [1.54, 1.807) is 0 Å². The van der Waals surface area contributed by atoms with Gasteiger partial charge in [-0.25, -0.2) is 4.58 Å². The molecule has 0 amide bonds. The standard InChI is InChI=1S/C11H20NO.BF4/c1-3-11(13)9-10(2)12-7-5-4-6-8-12;2-1(3,4)5/h3-9H2,1-2H3;/q+1;-1. The molecular formula is C11H20BF4NO. The second kappa shape index (κ2) is 8.27. The molecule has 0 N–H and O–H groups in total. The molecule has 1 fully saturated rings. The normalized spacial score (nSPS) is 15.8. The first kappa shape index (κ1) is 17.1. The van der Waals surface area contributed by atoms with Crippen LogP contribution in [-0.4, -0.2) is 36.4 Å². The molecule has 2 nitrogen and oxygen atoms in total. The number of carbonyl (C=O) groups is 1. The Morgan fingerprint density at radius 3 is 1.94 bits per heavy atom. The number of nitrogens with zero attached hydrogens (tertiary/aromatic N) is 1. The molecule has 1 rings (SSSR count). The van der Waals surface area contributed by atoms with Gasteiger partial charge in [0.2, 0.25) is 0 Å². The number of rotatable bonds is 3. The Morgan fingerprint density at radius 1 is 1.11 bits per heavy atom. The van der Waals surface area contributed by atoms with Crippen LogP contribution in [0.1, 0.15) is 46.0 Å². The van der Waals surface area contributed by atoms with E-state index in [1.165, 1.54) is 25.0 Å². The SMILES string of the molecule is CCC(=O)CC(C)=[N+]1CCCCC1.F[B-](F)(F)F. The number of piperidine rings is 1. The lowest BCUT2D eigenvalue weighted by Crippen LogP contribution is -2.26. The molecule has 0 atom stereocenters. The van der Waals surface area contributed by atoms with Crippen LogP contribution >= 0.6 is 0 Å². The first-order chi connectivity index (χ1) is 8.24. The van der Waals surface area contributed by atoms with Crippen LogP contribution in [0.15, 0.2) is 0 Å². The van der Waals surface area contributed by atoms with Crippen LogP contribution in [-0.2, 0) is 4.79 Å². The summed E-state index contributed by atoms with van der Waals surface area (Å²) >= 11 is 0. The number of hydrogen-bond acceptors (Lipinski definition) is 1. The number of ketones is 1. The molecule has 1 aliphatic rings. The van der Waals surface area contributed by atoms with Crippen LogP contribution in [0.2, 0.25) is 0 Å². The molecule has 0 saturated carbocycles. The summed E-state index contributed by atoms with van der Waals surface area (Å²) in [6.45, 7) is 6.34. The second-order valence-electron chi connectivity index (χ2n) is 4.35. The average Bonchev–Trinajstić information content (AvgIpc) is 2.27. The Morgan fingerprint density at radius 2 is 1.56 bits per heavy atom. The monoisotopic (exact) mass is 269 g/mol. The van der Waals surface area contributed by atoms with Crippen LogP contribution in [0.4, 0.5) is 17.3 Å². The lowest BCUT2D eigenvalue weighted by Gasteiger charge is -2.11. The van der Waals surface area contributed by atoms with Gasteiger partial charge in [0, 0.05) is 26.2 Å². The van der Waals surface area contributed by atoms with Crippen molar-refractivity contribution >= 4 is 18.7 Å². The van der Waals surface area contributed by atoms with E-state index in [9.17, 15) is 22.1 Å². The summed E-state index contributed by atoms with van der Waals surface area (Å²) in [4.78, 5) is 11.2. The molecular weight excluding hydrogens is 249 g/mol. The van der Waals surface area contributed by atoms with E-state index in [1.807, 2.05) is 6.92 Å². The van der Waals surface area contributed by atoms with Crippen LogP contribution < -0.4 is 0 Å². The summed E-state index contributed by atoms with van der Waals surface area (Å²) in [5, 5.41) is 0. The third-order valence-corrected chi connectivity index (χ3v) is 2.74. The maximum Gasteiger partial charge on any atom is 0.673 e. The highest BCUT2D eigenvalue weighted by atomic mass is 19.5. The predicted octanol–water partition coefficient (Wildman–Crippen LogP) is 3.31. The molecule has 0 radical (unpaired) electrons. The van der Waals surface area contributed by atoms with Crippen molar-refractivity contribution in [3.63, 3.8) is 0 Å².